The predicted octanol–water partition coefficient (Wildman–Crippen LogP) is 5.25. The van der Waals surface area contributed by atoms with Gasteiger partial charge >= 0.3 is 29.9 Å². The third-order valence-corrected chi connectivity index (χ3v) is 2.68. The van der Waals surface area contributed by atoms with Gasteiger partial charge in [0.05, 0.1) is 0 Å². The molecule has 0 saturated carbocycles. The van der Waals surface area contributed by atoms with Gasteiger partial charge in [-0.2, -0.15) is 48.3 Å². The Morgan fingerprint density at radius 1 is 0.500 bits per heavy atom. The van der Waals surface area contributed by atoms with Gasteiger partial charge in [-0.05, 0) is 0 Å². The van der Waals surface area contributed by atoms with Gasteiger partial charge in [0.25, 0.3) is 0 Å². The smallest absolute Gasteiger partial charge is 0.194 e. The second-order valence-corrected chi connectivity index (χ2v) is 4.16. The van der Waals surface area contributed by atoms with Crippen LogP contribution in [0.5, 0.6) is 0 Å². The summed E-state index contributed by atoms with van der Waals surface area (Å²) in [6.45, 7) is 0. The largest absolute Gasteiger partial charge is 0.460 e. The molecule has 0 spiro atoms. The number of hydrogen-bond acceptors (Lipinski definition) is 0. The van der Waals surface area contributed by atoms with Gasteiger partial charge in [-0.15, -0.1) is 0 Å². The average molecular weight is 346 g/mol. The lowest BCUT2D eigenvalue weighted by atomic mass is 9.93. The number of halogens is 11. The Morgan fingerprint density at radius 2 is 0.909 bits per heavy atom. The molecule has 0 unspecified atom stereocenters. The molecule has 1 aromatic rings. The van der Waals surface area contributed by atoms with Gasteiger partial charge in [0.2, 0.25) is 0 Å². The minimum Gasteiger partial charge on any atom is -0.194 e. The Morgan fingerprint density at radius 3 is 1.27 bits per heavy atom. The first-order valence-corrected chi connectivity index (χ1v) is 5.24. The van der Waals surface area contributed by atoms with Gasteiger partial charge in [-0.3, -0.25) is 0 Å². The topological polar surface area (TPSA) is 0 Å². The summed E-state index contributed by atoms with van der Waals surface area (Å²) in [6.07, 6.45) is -7.15. The minimum atomic E-state index is -7.38. The fourth-order valence-electron chi connectivity index (χ4n) is 1.40. The van der Waals surface area contributed by atoms with Crippen molar-refractivity contribution in [3.63, 3.8) is 0 Å². The van der Waals surface area contributed by atoms with Crippen LogP contribution < -0.4 is 0 Å². The monoisotopic (exact) mass is 346 g/mol. The molecule has 0 bridgehead atoms. The molecule has 0 radical (unpaired) electrons. The van der Waals surface area contributed by atoms with Crippen molar-refractivity contribution >= 4 is 0 Å². The van der Waals surface area contributed by atoms with Gasteiger partial charge in [0.1, 0.15) is 0 Å². The van der Waals surface area contributed by atoms with Crippen molar-refractivity contribution in [1.29, 1.82) is 0 Å². The Hall–Kier alpha value is -1.55. The second-order valence-electron chi connectivity index (χ2n) is 4.16. The summed E-state index contributed by atoms with van der Waals surface area (Å²) >= 11 is 0. The lowest BCUT2D eigenvalue weighted by Crippen LogP contribution is -2.65. The zero-order valence-electron chi connectivity index (χ0n) is 10.0. The summed E-state index contributed by atoms with van der Waals surface area (Å²) in [4.78, 5) is 0. The van der Waals surface area contributed by atoms with Crippen molar-refractivity contribution in [2.24, 2.45) is 0 Å². The fraction of sp³-hybridized carbons (Fsp3) is 0.455. The van der Waals surface area contributed by atoms with E-state index < -0.39 is 35.4 Å². The molecule has 11 heteroatoms. The van der Waals surface area contributed by atoms with E-state index in [0.29, 0.717) is 12.1 Å². The molecular formula is C11H5F11. The van der Waals surface area contributed by atoms with Crippen LogP contribution in [0.3, 0.4) is 0 Å². The zero-order chi connectivity index (χ0) is 17.6. The number of alkyl halides is 11. The third-order valence-electron chi connectivity index (χ3n) is 2.68. The van der Waals surface area contributed by atoms with Crippen molar-refractivity contribution in [1.82, 2.24) is 0 Å². The highest BCUT2D eigenvalue weighted by Crippen LogP contribution is 2.59. The predicted molar refractivity (Wildman–Crippen MR) is 51.2 cm³/mol. The number of hydrogen-bond donors (Lipinski definition) is 0. The lowest BCUT2D eigenvalue weighted by molar-refractivity contribution is -0.424. The molecule has 0 N–H and O–H groups in total. The van der Waals surface area contributed by atoms with E-state index in [4.69, 9.17) is 0 Å². The van der Waals surface area contributed by atoms with Crippen LogP contribution in [0, 0.1) is 0 Å². The summed E-state index contributed by atoms with van der Waals surface area (Å²) in [5.41, 5.74) is -1.84. The van der Waals surface area contributed by atoms with Gasteiger partial charge in [0, 0.05) is 5.56 Å². The summed E-state index contributed by atoms with van der Waals surface area (Å²) in [5, 5.41) is 0. The molecule has 0 saturated heterocycles. The zero-order valence-corrected chi connectivity index (χ0v) is 10.0. The second kappa shape index (κ2) is 4.98. The average Bonchev–Trinajstić information content (AvgIpc) is 2.37. The van der Waals surface area contributed by atoms with E-state index in [-0.39, 0.29) is 12.1 Å². The van der Waals surface area contributed by atoms with Crippen LogP contribution in [0.25, 0.3) is 0 Å². The van der Waals surface area contributed by atoms with Crippen LogP contribution >= 0.6 is 0 Å². The van der Waals surface area contributed by atoms with Crippen LogP contribution in [0.2, 0.25) is 0 Å². The molecule has 0 atom stereocenters. The Labute approximate surface area is 115 Å². The molecule has 0 aromatic heterocycles. The maximum atomic E-state index is 13.4. The molecule has 22 heavy (non-hydrogen) atoms. The normalized spacial score (nSPS) is 15.0. The van der Waals surface area contributed by atoms with Crippen molar-refractivity contribution in [2.75, 3.05) is 0 Å². The standard InChI is InChI=1S/C11H5F11/c12-7(13,6-4-2-1-3-5-6)8(14,15)9(16,17)10(18,19)11(20,21)22/h1-5H. The van der Waals surface area contributed by atoms with E-state index in [1.807, 2.05) is 0 Å². The summed E-state index contributed by atoms with van der Waals surface area (Å²) < 4.78 is 140. The molecular weight excluding hydrogens is 341 g/mol. The molecule has 0 nitrogen and oxygen atoms in total. The van der Waals surface area contributed by atoms with E-state index in [0.717, 1.165) is 6.07 Å². The number of benzene rings is 1. The Balaban J connectivity index is 3.45. The lowest BCUT2D eigenvalue weighted by Gasteiger charge is -2.37. The minimum absolute atomic E-state index is 0.190. The Kier molecular flexibility index (Phi) is 4.19. The third kappa shape index (κ3) is 2.39. The molecule has 0 aliphatic carbocycles. The van der Waals surface area contributed by atoms with Crippen LogP contribution in [0.15, 0.2) is 30.3 Å². The van der Waals surface area contributed by atoms with Crippen LogP contribution in [-0.2, 0) is 5.92 Å². The van der Waals surface area contributed by atoms with E-state index >= 15 is 0 Å². The fourth-order valence-corrected chi connectivity index (χ4v) is 1.40. The first kappa shape index (κ1) is 18.5. The first-order chi connectivity index (χ1) is 9.61. The van der Waals surface area contributed by atoms with Crippen molar-refractivity contribution in [3.8, 4) is 0 Å². The van der Waals surface area contributed by atoms with Gasteiger partial charge in [-0.1, -0.05) is 30.3 Å². The van der Waals surface area contributed by atoms with E-state index in [1.54, 1.807) is 0 Å². The molecule has 0 fully saturated rings. The van der Waals surface area contributed by atoms with Gasteiger partial charge in [0.15, 0.2) is 0 Å². The molecule has 0 amide bonds. The quantitative estimate of drug-likeness (QED) is 0.654. The van der Waals surface area contributed by atoms with E-state index in [1.165, 1.54) is 0 Å². The molecule has 126 valence electrons. The van der Waals surface area contributed by atoms with Crippen LogP contribution in [-0.4, -0.2) is 23.9 Å². The molecule has 1 rings (SSSR count). The highest BCUT2D eigenvalue weighted by Gasteiger charge is 2.87. The molecule has 0 aliphatic rings. The van der Waals surface area contributed by atoms with Gasteiger partial charge in [-0.25, -0.2) is 0 Å². The molecule has 0 aliphatic heterocycles. The van der Waals surface area contributed by atoms with E-state index in [9.17, 15) is 48.3 Å². The molecule has 0 heterocycles. The highest BCUT2D eigenvalue weighted by atomic mass is 19.4. The van der Waals surface area contributed by atoms with Gasteiger partial charge < -0.3 is 0 Å². The SMILES string of the molecule is FC(F)(F)C(F)(F)C(F)(F)C(F)(F)C(F)(F)c1ccccc1. The first-order valence-electron chi connectivity index (χ1n) is 5.24. The van der Waals surface area contributed by atoms with Crippen molar-refractivity contribution in [3.05, 3.63) is 35.9 Å². The highest BCUT2D eigenvalue weighted by molar-refractivity contribution is 5.25. The maximum Gasteiger partial charge on any atom is 0.460 e. The summed E-state index contributed by atoms with van der Waals surface area (Å²) in [7, 11) is 0. The number of rotatable bonds is 4. The summed E-state index contributed by atoms with van der Waals surface area (Å²) in [5.74, 6) is -27.7. The van der Waals surface area contributed by atoms with E-state index in [2.05, 4.69) is 0 Å². The molecule has 1 aromatic carbocycles. The van der Waals surface area contributed by atoms with Crippen LogP contribution in [0.1, 0.15) is 5.56 Å². The van der Waals surface area contributed by atoms with Crippen LogP contribution in [0.4, 0.5) is 48.3 Å². The summed E-state index contributed by atoms with van der Waals surface area (Å²) in [6, 6.07) is 2.78. The maximum absolute atomic E-state index is 13.4. The van der Waals surface area contributed by atoms with Crippen molar-refractivity contribution in [2.45, 2.75) is 29.9 Å². The van der Waals surface area contributed by atoms with Crippen molar-refractivity contribution < 1.29 is 48.3 Å². The Bertz CT molecular complexity index is 515.